The normalized spacial score (nSPS) is 16.0. The Kier molecular flexibility index (Phi) is 1.45. The molecule has 0 amide bonds. The molecule has 2 aromatic rings. The van der Waals surface area contributed by atoms with Gasteiger partial charge in [-0.15, -0.1) is 0 Å². The van der Waals surface area contributed by atoms with Crippen molar-refractivity contribution in [3.05, 3.63) is 23.8 Å². The van der Waals surface area contributed by atoms with E-state index in [0.29, 0.717) is 11.6 Å². The van der Waals surface area contributed by atoms with E-state index in [-0.39, 0.29) is 0 Å². The minimum Gasteiger partial charge on any atom is -0.346 e. The Balaban J connectivity index is 2.28. The lowest BCUT2D eigenvalue weighted by Crippen LogP contribution is -1.98. The summed E-state index contributed by atoms with van der Waals surface area (Å²) in [6, 6.07) is 1.83. The molecule has 3 rings (SSSR count). The monoisotopic (exact) mass is 187 g/mol. The molecule has 0 saturated heterocycles. The molecular weight excluding hydrogens is 178 g/mol. The second-order valence-corrected chi connectivity index (χ2v) is 3.60. The van der Waals surface area contributed by atoms with Gasteiger partial charge in [0.1, 0.15) is 17.2 Å². The standard InChI is InChI=1S/C10H9N3O/c14-5-8-7-3-4-11-10(7)13-9(12-8)6-1-2-6/h3-6H,1-2H2,(H,11,12,13). The molecule has 0 unspecified atom stereocenters. The summed E-state index contributed by atoms with van der Waals surface area (Å²) < 4.78 is 0. The maximum absolute atomic E-state index is 10.8. The van der Waals surface area contributed by atoms with Crippen molar-refractivity contribution in [1.82, 2.24) is 15.0 Å². The lowest BCUT2D eigenvalue weighted by Gasteiger charge is -1.98. The predicted octanol–water partition coefficient (Wildman–Crippen LogP) is 1.65. The van der Waals surface area contributed by atoms with Gasteiger partial charge in [0.25, 0.3) is 0 Å². The number of hydrogen-bond donors (Lipinski definition) is 1. The van der Waals surface area contributed by atoms with E-state index in [2.05, 4.69) is 15.0 Å². The molecular formula is C10H9N3O. The zero-order chi connectivity index (χ0) is 9.54. The summed E-state index contributed by atoms with van der Waals surface area (Å²) >= 11 is 0. The Bertz CT molecular complexity index is 499. The quantitative estimate of drug-likeness (QED) is 0.727. The number of hydrogen-bond acceptors (Lipinski definition) is 3. The van der Waals surface area contributed by atoms with E-state index in [4.69, 9.17) is 0 Å². The van der Waals surface area contributed by atoms with Crippen LogP contribution in [0.15, 0.2) is 12.3 Å². The molecule has 2 aromatic heterocycles. The predicted molar refractivity (Wildman–Crippen MR) is 51.3 cm³/mol. The van der Waals surface area contributed by atoms with Crippen LogP contribution in [0.1, 0.15) is 35.1 Å². The Morgan fingerprint density at radius 2 is 2.29 bits per heavy atom. The van der Waals surface area contributed by atoms with Gasteiger partial charge in [0, 0.05) is 17.5 Å². The fourth-order valence-electron chi connectivity index (χ4n) is 1.60. The van der Waals surface area contributed by atoms with Crippen LogP contribution in [-0.2, 0) is 0 Å². The van der Waals surface area contributed by atoms with E-state index in [1.807, 2.05) is 6.07 Å². The van der Waals surface area contributed by atoms with Gasteiger partial charge in [0.2, 0.25) is 0 Å². The van der Waals surface area contributed by atoms with Gasteiger partial charge in [-0.25, -0.2) is 9.97 Å². The Morgan fingerprint density at radius 1 is 1.43 bits per heavy atom. The highest BCUT2D eigenvalue weighted by Gasteiger charge is 2.27. The molecule has 1 aliphatic carbocycles. The Morgan fingerprint density at radius 3 is 3.00 bits per heavy atom. The molecule has 1 fully saturated rings. The Hall–Kier alpha value is -1.71. The van der Waals surface area contributed by atoms with E-state index >= 15 is 0 Å². The number of aromatic nitrogens is 3. The van der Waals surface area contributed by atoms with Gasteiger partial charge < -0.3 is 4.98 Å². The average Bonchev–Trinajstić information content (AvgIpc) is 2.95. The van der Waals surface area contributed by atoms with Crippen LogP contribution >= 0.6 is 0 Å². The third-order valence-electron chi connectivity index (χ3n) is 2.52. The summed E-state index contributed by atoms with van der Waals surface area (Å²) in [6.07, 6.45) is 4.86. The zero-order valence-electron chi connectivity index (χ0n) is 7.53. The third kappa shape index (κ3) is 1.04. The van der Waals surface area contributed by atoms with Crippen molar-refractivity contribution in [2.75, 3.05) is 0 Å². The van der Waals surface area contributed by atoms with Gasteiger partial charge in [0.05, 0.1) is 0 Å². The topological polar surface area (TPSA) is 58.6 Å². The summed E-state index contributed by atoms with van der Waals surface area (Å²) in [5.74, 6) is 1.28. The van der Waals surface area contributed by atoms with Crippen molar-refractivity contribution < 1.29 is 4.79 Å². The highest BCUT2D eigenvalue weighted by Crippen LogP contribution is 2.38. The van der Waals surface area contributed by atoms with Gasteiger partial charge in [-0.1, -0.05) is 0 Å². The first-order valence-corrected chi connectivity index (χ1v) is 4.68. The van der Waals surface area contributed by atoms with Crippen LogP contribution < -0.4 is 0 Å². The molecule has 0 atom stereocenters. The van der Waals surface area contributed by atoms with Crippen molar-refractivity contribution in [3.8, 4) is 0 Å². The van der Waals surface area contributed by atoms with Crippen LogP contribution in [0.25, 0.3) is 11.0 Å². The maximum Gasteiger partial charge on any atom is 0.169 e. The number of nitrogens with one attached hydrogen (secondary N) is 1. The molecule has 4 heteroatoms. The minimum absolute atomic E-state index is 0.474. The third-order valence-corrected chi connectivity index (χ3v) is 2.52. The first-order valence-electron chi connectivity index (χ1n) is 4.68. The van der Waals surface area contributed by atoms with Crippen LogP contribution in [0.2, 0.25) is 0 Å². The second-order valence-electron chi connectivity index (χ2n) is 3.60. The van der Waals surface area contributed by atoms with E-state index in [0.717, 1.165) is 36.0 Å². The van der Waals surface area contributed by atoms with Gasteiger partial charge in [0.15, 0.2) is 6.29 Å². The van der Waals surface area contributed by atoms with Crippen LogP contribution in [-0.4, -0.2) is 21.2 Å². The number of H-pyrrole nitrogens is 1. The summed E-state index contributed by atoms with van der Waals surface area (Å²) in [7, 11) is 0. The van der Waals surface area contributed by atoms with Crippen molar-refractivity contribution in [2.45, 2.75) is 18.8 Å². The molecule has 1 aliphatic rings. The Labute approximate surface area is 80.4 Å². The summed E-state index contributed by atoms with van der Waals surface area (Å²) in [5, 5.41) is 0.810. The zero-order valence-corrected chi connectivity index (χ0v) is 7.53. The smallest absolute Gasteiger partial charge is 0.169 e. The fourth-order valence-corrected chi connectivity index (χ4v) is 1.60. The molecule has 0 aliphatic heterocycles. The number of carbonyl (C=O) groups excluding carboxylic acids is 1. The highest BCUT2D eigenvalue weighted by atomic mass is 16.1. The summed E-state index contributed by atoms with van der Waals surface area (Å²) in [6.45, 7) is 0. The molecule has 0 bridgehead atoms. The summed E-state index contributed by atoms with van der Waals surface area (Å²) in [4.78, 5) is 22.5. The van der Waals surface area contributed by atoms with Crippen LogP contribution in [0.5, 0.6) is 0 Å². The molecule has 70 valence electrons. The molecule has 2 heterocycles. The molecule has 1 saturated carbocycles. The SMILES string of the molecule is O=Cc1nc(C2CC2)nc2[nH]ccc12. The maximum atomic E-state index is 10.8. The first kappa shape index (κ1) is 7.67. The molecule has 4 nitrogen and oxygen atoms in total. The molecule has 0 aromatic carbocycles. The number of rotatable bonds is 2. The lowest BCUT2D eigenvalue weighted by atomic mass is 10.3. The van der Waals surface area contributed by atoms with E-state index in [9.17, 15) is 4.79 Å². The molecule has 14 heavy (non-hydrogen) atoms. The number of nitrogens with zero attached hydrogens (tertiary/aromatic N) is 2. The minimum atomic E-state index is 0.474. The van der Waals surface area contributed by atoms with E-state index < -0.39 is 0 Å². The van der Waals surface area contributed by atoms with Gasteiger partial charge in [-0.05, 0) is 18.9 Å². The van der Waals surface area contributed by atoms with Crippen LogP contribution in [0, 0.1) is 0 Å². The van der Waals surface area contributed by atoms with Crippen molar-refractivity contribution in [1.29, 1.82) is 0 Å². The van der Waals surface area contributed by atoms with Crippen LogP contribution in [0.3, 0.4) is 0 Å². The van der Waals surface area contributed by atoms with Crippen molar-refractivity contribution in [3.63, 3.8) is 0 Å². The van der Waals surface area contributed by atoms with E-state index in [1.165, 1.54) is 0 Å². The highest BCUT2D eigenvalue weighted by molar-refractivity contribution is 5.92. The van der Waals surface area contributed by atoms with Gasteiger partial charge in [-0.2, -0.15) is 0 Å². The second kappa shape index (κ2) is 2.64. The van der Waals surface area contributed by atoms with Crippen molar-refractivity contribution >= 4 is 17.3 Å². The van der Waals surface area contributed by atoms with Crippen molar-refractivity contribution in [2.24, 2.45) is 0 Å². The van der Waals surface area contributed by atoms with Gasteiger partial charge in [-0.3, -0.25) is 4.79 Å². The van der Waals surface area contributed by atoms with Crippen LogP contribution in [0.4, 0.5) is 0 Å². The molecule has 0 spiro atoms. The largest absolute Gasteiger partial charge is 0.346 e. The number of carbonyl (C=O) groups is 1. The first-order chi connectivity index (χ1) is 6.88. The summed E-state index contributed by atoms with van der Waals surface area (Å²) in [5.41, 5.74) is 1.27. The number of fused-ring (bicyclic) bond motifs is 1. The molecule has 1 N–H and O–H groups in total. The molecule has 0 radical (unpaired) electrons. The van der Waals surface area contributed by atoms with E-state index in [1.54, 1.807) is 6.20 Å². The fraction of sp³-hybridized carbons (Fsp3) is 0.300. The average molecular weight is 187 g/mol. The lowest BCUT2D eigenvalue weighted by molar-refractivity contribution is 0.112. The number of aldehydes is 1. The van der Waals surface area contributed by atoms with Gasteiger partial charge >= 0.3 is 0 Å². The number of aromatic amines is 1.